The Morgan fingerprint density at radius 3 is 1.12 bits per heavy atom. The molecule has 25 nitrogen and oxygen atoms in total. The molecule has 0 heterocycles. The van der Waals surface area contributed by atoms with Gasteiger partial charge in [-0.3, -0.25) is 69.7 Å². The van der Waals surface area contributed by atoms with Crippen LogP contribution in [0, 0.1) is 24.1 Å². The average molecular weight is 1340 g/mol. The van der Waals surface area contributed by atoms with E-state index in [9.17, 15) is 101 Å². The normalized spacial score (nSPS) is 14.7. The third-order valence-electron chi connectivity index (χ3n) is 11.4. The van der Waals surface area contributed by atoms with Gasteiger partial charge in [-0.25, -0.2) is 14.0 Å². The van der Waals surface area contributed by atoms with E-state index in [0.717, 1.165) is 6.92 Å². The van der Waals surface area contributed by atoms with Crippen molar-refractivity contribution in [3.05, 3.63) is 13.1 Å². The number of rotatable bonds is 33. The summed E-state index contributed by atoms with van der Waals surface area (Å²) in [7, 11) is -28.0. The molecular formula is C46H78F6NO24S6-3. The molecule has 3 atom stereocenters. The lowest BCUT2D eigenvalue weighted by atomic mass is 9.90. The Morgan fingerprint density at radius 2 is 0.783 bits per heavy atom. The van der Waals surface area contributed by atoms with Gasteiger partial charge in [0.25, 0.3) is 0 Å². The van der Waals surface area contributed by atoms with Crippen LogP contribution in [0.25, 0.3) is 5.32 Å². The highest BCUT2D eigenvalue weighted by Gasteiger charge is 2.47. The third kappa shape index (κ3) is 30.3. The molecule has 492 valence electrons. The number of alkyl halides is 6. The van der Waals surface area contributed by atoms with Crippen LogP contribution in [-0.2, 0) is 116 Å². The van der Waals surface area contributed by atoms with Gasteiger partial charge in [-0.05, 0) is 80.6 Å². The zero-order valence-electron chi connectivity index (χ0n) is 49.0. The van der Waals surface area contributed by atoms with E-state index in [1.807, 2.05) is 6.92 Å². The molecule has 0 aromatic rings. The van der Waals surface area contributed by atoms with E-state index >= 15 is 4.39 Å². The number of hydrogen-bond acceptors (Lipinski definition) is 24. The van der Waals surface area contributed by atoms with Crippen LogP contribution in [0.1, 0.15) is 122 Å². The van der Waals surface area contributed by atoms with Gasteiger partial charge in [0.05, 0.1) is 93.2 Å². The summed E-state index contributed by atoms with van der Waals surface area (Å²) in [6.45, 7) is 12.8. The Kier molecular flexibility index (Phi) is 32.8. The van der Waals surface area contributed by atoms with Gasteiger partial charge in [0.2, 0.25) is 5.67 Å². The van der Waals surface area contributed by atoms with Crippen LogP contribution in [0.3, 0.4) is 0 Å². The molecule has 83 heavy (non-hydrogen) atoms. The first kappa shape index (κ1) is 83.3. The molecule has 0 saturated carbocycles. The molecule has 0 N–H and O–H groups in total. The molecule has 0 amide bonds. The van der Waals surface area contributed by atoms with Crippen molar-refractivity contribution in [2.45, 2.75) is 152 Å². The molecule has 0 fully saturated rings. The van der Waals surface area contributed by atoms with Crippen LogP contribution in [-0.4, -0.2) is 192 Å². The standard InChI is InChI=1S/C17H30FO10S3.C16H29O10S3.C13H19F5NO4/c1-8-12(28-13(19)16(3,4)9-2)17(5,18)14(20)27-10-11-31(25,26)15(29(6,21)22)30(7,23)24;1-7-12(26-14(18)16(3,4)8-2)11-13(17)25-9-10-29(23,24)15(27(5,19)20)28(6,21)22;1-4-11(2,3)9(20)22-5-6-23-10(21)12(14,15)7-19-8-13(16,17)18/h12H,8-11H2,1-7H3;12H,7-11H2,1-6H3;4-8H2,1-3H3/q3*-1. The Morgan fingerprint density at radius 1 is 0.446 bits per heavy atom. The molecule has 37 heteroatoms. The predicted octanol–water partition coefficient (Wildman–Crippen LogP) is 4.68. The molecule has 0 radical (unpaired) electrons. The van der Waals surface area contributed by atoms with E-state index in [-0.39, 0.29) is 12.8 Å². The van der Waals surface area contributed by atoms with Gasteiger partial charge in [0, 0.05) is 32.9 Å². The van der Waals surface area contributed by atoms with E-state index in [0.29, 0.717) is 50.7 Å². The summed E-state index contributed by atoms with van der Waals surface area (Å²) in [5, 5.41) is 2.57. The van der Waals surface area contributed by atoms with Crippen LogP contribution in [0.5, 0.6) is 0 Å². The maximum atomic E-state index is 15.1. The first-order chi connectivity index (χ1) is 36.8. The van der Waals surface area contributed by atoms with Crippen LogP contribution < -0.4 is 0 Å². The average Bonchev–Trinajstić information content (AvgIpc) is 3.28. The largest absolute Gasteiger partial charge is 0.650 e. The summed E-state index contributed by atoms with van der Waals surface area (Å²) in [6, 6.07) is 0. The second kappa shape index (κ2) is 32.7. The molecule has 0 bridgehead atoms. The molecule has 0 rings (SSSR count). The lowest BCUT2D eigenvalue weighted by Crippen LogP contribution is -2.48. The molecule has 0 aromatic heterocycles. The summed E-state index contributed by atoms with van der Waals surface area (Å²) in [4.78, 5) is 71.0. The lowest BCUT2D eigenvalue weighted by molar-refractivity contribution is -0.180. The molecule has 0 aromatic carbocycles. The van der Waals surface area contributed by atoms with E-state index < -0.39 is 200 Å². The smallest absolute Gasteiger partial charge is 0.375 e. The first-order valence-corrected chi connectivity index (χ1v) is 35.6. The molecule has 3 unspecified atom stereocenters. The summed E-state index contributed by atoms with van der Waals surface area (Å²) in [5.74, 6) is -12.6. The van der Waals surface area contributed by atoms with Crippen molar-refractivity contribution in [2.75, 3.05) is 76.0 Å². The van der Waals surface area contributed by atoms with Crippen molar-refractivity contribution in [1.29, 1.82) is 0 Å². The number of nitrogens with zero attached hydrogens (tertiary/aromatic N) is 1. The van der Waals surface area contributed by atoms with Gasteiger partial charge < -0.3 is 33.7 Å². The fraction of sp³-hybridized carbons (Fsp3) is 0.826. The predicted molar refractivity (Wildman–Crippen MR) is 288 cm³/mol. The number of carbonyl (C=O) groups excluding carboxylic acids is 6. The number of hydrogen-bond donors (Lipinski definition) is 0. The minimum absolute atomic E-state index is 0.0913. The van der Waals surface area contributed by atoms with Crippen molar-refractivity contribution in [1.82, 2.24) is 0 Å². The highest BCUT2D eigenvalue weighted by molar-refractivity contribution is 8.29. The van der Waals surface area contributed by atoms with E-state index in [1.54, 1.807) is 62.3 Å². The van der Waals surface area contributed by atoms with Crippen LogP contribution in [0.15, 0.2) is 0 Å². The fourth-order valence-corrected chi connectivity index (χ4v) is 19.2. The maximum Gasteiger partial charge on any atom is 0.375 e. The topological polar surface area (TPSA) is 377 Å². The van der Waals surface area contributed by atoms with Gasteiger partial charge in [-0.15, -0.1) is 0 Å². The van der Waals surface area contributed by atoms with Gasteiger partial charge in [0.1, 0.15) is 38.6 Å². The van der Waals surface area contributed by atoms with Crippen molar-refractivity contribution in [3.8, 4) is 0 Å². The quantitative estimate of drug-likeness (QED) is 0.0283. The number of esters is 6. The van der Waals surface area contributed by atoms with E-state index in [4.69, 9.17) is 18.9 Å². The fourth-order valence-electron chi connectivity index (χ4n) is 5.50. The molecule has 0 aliphatic heterocycles. The Hall–Kier alpha value is -3.94. The number of ether oxygens (including phenoxy) is 6. The summed E-state index contributed by atoms with van der Waals surface area (Å²) in [5.41, 5.74) is -5.25. The van der Waals surface area contributed by atoms with Gasteiger partial charge >= 0.3 is 47.9 Å². The van der Waals surface area contributed by atoms with Crippen LogP contribution >= 0.6 is 0 Å². The second-order valence-corrected chi connectivity index (χ2v) is 33.9. The Labute approximate surface area is 483 Å². The zero-order valence-corrected chi connectivity index (χ0v) is 53.9. The van der Waals surface area contributed by atoms with Crippen molar-refractivity contribution in [2.24, 2.45) is 16.2 Å². The van der Waals surface area contributed by atoms with E-state index in [1.165, 1.54) is 6.92 Å². The number of carbonyl (C=O) groups is 6. The summed E-state index contributed by atoms with van der Waals surface area (Å²) < 4.78 is 243. The summed E-state index contributed by atoms with van der Waals surface area (Å²) in [6.07, 6.45) is -3.96. The third-order valence-corrected chi connectivity index (χ3v) is 26.6. The van der Waals surface area contributed by atoms with Crippen LogP contribution in [0.2, 0.25) is 0 Å². The molecule has 0 spiro atoms. The summed E-state index contributed by atoms with van der Waals surface area (Å²) >= 11 is 0. The number of sulfone groups is 6. The zero-order chi connectivity index (χ0) is 66.6. The Balaban J connectivity index is -0.00000117. The second-order valence-electron chi connectivity index (χ2n) is 20.4. The minimum atomic E-state index is -4.89. The Bertz CT molecular complexity index is 2830. The molecule has 0 aliphatic rings. The molecule has 0 saturated heterocycles. The highest BCUT2D eigenvalue weighted by atomic mass is 32.3. The monoisotopic (exact) mass is 1330 g/mol. The first-order valence-electron chi connectivity index (χ1n) is 24.7. The maximum absolute atomic E-state index is 15.1. The van der Waals surface area contributed by atoms with Crippen molar-refractivity contribution in [3.63, 3.8) is 0 Å². The molecular weight excluding hydrogens is 1260 g/mol. The lowest BCUT2D eigenvalue weighted by Gasteiger charge is -2.31. The SMILES string of the molecule is CCC(C)(C)C(=O)OCCOC(=O)C(F)(F)C[N-]CC(F)(F)F.CCC(CC(=O)OCCS(=O)(=O)[C-](S(C)(=O)=O)S(C)(=O)=O)OC(=O)C(C)(C)CC.CCC(OC(=O)C(C)(C)CC)C(C)(F)C(=O)OCCS(=O)(=O)[C-](S(C)(=O)=O)S(C)(=O)=O. The van der Waals surface area contributed by atoms with Crippen molar-refractivity contribution < 1.29 is 134 Å². The van der Waals surface area contributed by atoms with Crippen molar-refractivity contribution >= 4 is 94.8 Å². The van der Waals surface area contributed by atoms with E-state index in [2.05, 4.69) is 14.8 Å². The molecule has 0 aliphatic carbocycles. The highest BCUT2D eigenvalue weighted by Crippen LogP contribution is 2.31. The van der Waals surface area contributed by atoms with Gasteiger partial charge in [-0.2, -0.15) is 22.0 Å². The van der Waals surface area contributed by atoms with Gasteiger partial charge in [-0.1, -0.05) is 47.7 Å². The number of halogens is 6. The van der Waals surface area contributed by atoms with Crippen LogP contribution in [0.4, 0.5) is 26.3 Å². The minimum Gasteiger partial charge on any atom is -0.650 e. The van der Waals surface area contributed by atoms with Gasteiger partial charge in [0.15, 0.2) is 0 Å².